The first-order valence-corrected chi connectivity index (χ1v) is 5.47. The van der Waals surface area contributed by atoms with Crippen molar-refractivity contribution in [2.24, 2.45) is 5.73 Å². The van der Waals surface area contributed by atoms with Crippen LogP contribution in [0.15, 0.2) is 30.5 Å². The number of nitrogens with two attached hydrogens (primary N) is 1. The Kier molecular flexibility index (Phi) is 3.06. The van der Waals surface area contributed by atoms with Gasteiger partial charge >= 0.3 is 0 Å². The van der Waals surface area contributed by atoms with Crippen molar-refractivity contribution < 1.29 is 0 Å². The van der Waals surface area contributed by atoms with E-state index < -0.39 is 0 Å². The summed E-state index contributed by atoms with van der Waals surface area (Å²) in [6, 6.07) is 8.46. The van der Waals surface area contributed by atoms with Gasteiger partial charge in [-0.05, 0) is 36.6 Å². The molecule has 2 rings (SSSR count). The molecule has 0 unspecified atom stereocenters. The Hall–Kier alpha value is -1.61. The third-order valence-electron chi connectivity index (χ3n) is 2.92. The second kappa shape index (κ2) is 4.49. The van der Waals surface area contributed by atoms with Gasteiger partial charge < -0.3 is 5.73 Å². The molecule has 3 heteroatoms. The summed E-state index contributed by atoms with van der Waals surface area (Å²) in [6.45, 7) is 5.58. The van der Waals surface area contributed by atoms with Crippen LogP contribution >= 0.6 is 0 Å². The number of hydrogen-bond acceptors (Lipinski definition) is 2. The quantitative estimate of drug-likeness (QED) is 0.851. The van der Waals surface area contributed by atoms with E-state index in [2.05, 4.69) is 37.1 Å². The van der Waals surface area contributed by atoms with Gasteiger partial charge in [-0.3, -0.25) is 4.68 Å². The van der Waals surface area contributed by atoms with Crippen molar-refractivity contribution in [2.75, 3.05) is 0 Å². The van der Waals surface area contributed by atoms with E-state index >= 15 is 0 Å². The van der Waals surface area contributed by atoms with Crippen molar-refractivity contribution in [2.45, 2.75) is 26.9 Å². The van der Waals surface area contributed by atoms with Crippen LogP contribution < -0.4 is 5.73 Å². The van der Waals surface area contributed by atoms with Gasteiger partial charge in [-0.15, -0.1) is 0 Å². The summed E-state index contributed by atoms with van der Waals surface area (Å²) in [5.41, 5.74) is 10.6. The molecular weight excluding hydrogens is 198 g/mol. The van der Waals surface area contributed by atoms with Gasteiger partial charge in [-0.1, -0.05) is 18.2 Å². The van der Waals surface area contributed by atoms with E-state index in [1.54, 1.807) is 6.20 Å². The Bertz CT molecular complexity index is 486. The van der Waals surface area contributed by atoms with Gasteiger partial charge in [-0.2, -0.15) is 5.10 Å². The first-order valence-electron chi connectivity index (χ1n) is 5.47. The van der Waals surface area contributed by atoms with Crippen LogP contribution in [0.5, 0.6) is 0 Å². The maximum Gasteiger partial charge on any atom is 0.0663 e. The van der Waals surface area contributed by atoms with Crippen LogP contribution in [0.4, 0.5) is 0 Å². The van der Waals surface area contributed by atoms with Crippen molar-refractivity contribution in [3.05, 3.63) is 52.8 Å². The molecule has 0 aliphatic carbocycles. The lowest BCUT2D eigenvalue weighted by Gasteiger charge is -2.08. The average Bonchev–Trinajstić information content (AvgIpc) is 2.71. The molecule has 0 atom stereocenters. The third kappa shape index (κ3) is 2.14. The molecule has 0 amide bonds. The Morgan fingerprint density at radius 2 is 2.00 bits per heavy atom. The fourth-order valence-corrected chi connectivity index (χ4v) is 1.75. The highest BCUT2D eigenvalue weighted by Crippen LogP contribution is 2.11. The van der Waals surface area contributed by atoms with Gasteiger partial charge in [0.1, 0.15) is 0 Å². The molecule has 2 N–H and O–H groups in total. The van der Waals surface area contributed by atoms with Gasteiger partial charge in [0, 0.05) is 12.7 Å². The topological polar surface area (TPSA) is 43.8 Å². The predicted octanol–water partition coefficient (Wildman–Crippen LogP) is 2.01. The molecule has 1 heterocycles. The lowest BCUT2D eigenvalue weighted by atomic mass is 10.1. The fourth-order valence-electron chi connectivity index (χ4n) is 1.75. The normalized spacial score (nSPS) is 10.7. The molecule has 1 aromatic carbocycles. The minimum absolute atomic E-state index is 0.533. The number of aromatic nitrogens is 2. The van der Waals surface area contributed by atoms with E-state index in [4.69, 9.17) is 5.73 Å². The predicted molar refractivity (Wildman–Crippen MR) is 65.1 cm³/mol. The third-order valence-corrected chi connectivity index (χ3v) is 2.92. The van der Waals surface area contributed by atoms with Crippen LogP contribution in [-0.4, -0.2) is 9.78 Å². The van der Waals surface area contributed by atoms with Crippen LogP contribution in [0.1, 0.15) is 22.4 Å². The molecule has 0 saturated heterocycles. The standard InChI is InChI=1S/C13H17N3/c1-10-3-4-12(7-11(10)2)9-16-13(8-14)5-6-15-16/h3-7H,8-9,14H2,1-2H3. The van der Waals surface area contributed by atoms with Crippen LogP contribution in [0, 0.1) is 13.8 Å². The average molecular weight is 215 g/mol. The molecule has 0 saturated carbocycles. The monoisotopic (exact) mass is 215 g/mol. The smallest absolute Gasteiger partial charge is 0.0663 e. The summed E-state index contributed by atoms with van der Waals surface area (Å²) in [7, 11) is 0. The Balaban J connectivity index is 2.24. The van der Waals surface area contributed by atoms with E-state index in [0.717, 1.165) is 12.2 Å². The van der Waals surface area contributed by atoms with E-state index in [1.807, 2.05) is 10.7 Å². The van der Waals surface area contributed by atoms with Crippen molar-refractivity contribution >= 4 is 0 Å². The second-order valence-corrected chi connectivity index (χ2v) is 4.10. The molecule has 0 aliphatic rings. The van der Waals surface area contributed by atoms with Gasteiger partial charge in [0.25, 0.3) is 0 Å². The van der Waals surface area contributed by atoms with Crippen LogP contribution in [0.2, 0.25) is 0 Å². The molecule has 2 aromatic rings. The van der Waals surface area contributed by atoms with Crippen molar-refractivity contribution in [1.82, 2.24) is 9.78 Å². The lowest BCUT2D eigenvalue weighted by molar-refractivity contribution is 0.645. The molecule has 0 aliphatic heterocycles. The highest BCUT2D eigenvalue weighted by molar-refractivity contribution is 5.30. The maximum atomic E-state index is 5.64. The number of nitrogens with zero attached hydrogens (tertiary/aromatic N) is 2. The summed E-state index contributed by atoms with van der Waals surface area (Å²) in [5, 5.41) is 4.27. The zero-order valence-corrected chi connectivity index (χ0v) is 9.77. The highest BCUT2D eigenvalue weighted by atomic mass is 15.3. The van der Waals surface area contributed by atoms with Crippen molar-refractivity contribution in [3.63, 3.8) is 0 Å². The maximum absolute atomic E-state index is 5.64. The summed E-state index contributed by atoms with van der Waals surface area (Å²) in [5.74, 6) is 0. The number of benzene rings is 1. The minimum atomic E-state index is 0.533. The van der Waals surface area contributed by atoms with Gasteiger partial charge in [-0.25, -0.2) is 0 Å². The van der Waals surface area contributed by atoms with Gasteiger partial charge in [0.2, 0.25) is 0 Å². The van der Waals surface area contributed by atoms with E-state index in [-0.39, 0.29) is 0 Å². The van der Waals surface area contributed by atoms with Crippen LogP contribution in [0.3, 0.4) is 0 Å². The lowest BCUT2D eigenvalue weighted by Crippen LogP contribution is -2.09. The molecule has 0 spiro atoms. The second-order valence-electron chi connectivity index (χ2n) is 4.10. The molecule has 0 fully saturated rings. The van der Waals surface area contributed by atoms with E-state index in [9.17, 15) is 0 Å². The summed E-state index contributed by atoms with van der Waals surface area (Å²) in [4.78, 5) is 0. The molecular formula is C13H17N3. The largest absolute Gasteiger partial charge is 0.325 e. The number of hydrogen-bond donors (Lipinski definition) is 1. The zero-order valence-electron chi connectivity index (χ0n) is 9.77. The molecule has 84 valence electrons. The fraction of sp³-hybridized carbons (Fsp3) is 0.308. The SMILES string of the molecule is Cc1ccc(Cn2nccc2CN)cc1C. The Morgan fingerprint density at radius 3 is 2.69 bits per heavy atom. The summed E-state index contributed by atoms with van der Waals surface area (Å²) >= 11 is 0. The van der Waals surface area contributed by atoms with Crippen molar-refractivity contribution in [1.29, 1.82) is 0 Å². The Morgan fingerprint density at radius 1 is 1.19 bits per heavy atom. The van der Waals surface area contributed by atoms with Gasteiger partial charge in [0.05, 0.1) is 12.2 Å². The first kappa shape index (κ1) is 10.9. The van der Waals surface area contributed by atoms with E-state index in [0.29, 0.717) is 6.54 Å². The highest BCUT2D eigenvalue weighted by Gasteiger charge is 2.02. The number of aryl methyl sites for hydroxylation is 2. The van der Waals surface area contributed by atoms with Crippen LogP contribution in [-0.2, 0) is 13.1 Å². The minimum Gasteiger partial charge on any atom is -0.325 e. The molecule has 0 bridgehead atoms. The summed E-state index contributed by atoms with van der Waals surface area (Å²) in [6.07, 6.45) is 1.79. The molecule has 0 radical (unpaired) electrons. The first-order chi connectivity index (χ1) is 7.70. The summed E-state index contributed by atoms with van der Waals surface area (Å²) < 4.78 is 1.95. The molecule has 1 aromatic heterocycles. The Labute approximate surface area is 95.9 Å². The molecule has 3 nitrogen and oxygen atoms in total. The molecule has 16 heavy (non-hydrogen) atoms. The zero-order chi connectivity index (χ0) is 11.5. The van der Waals surface area contributed by atoms with Crippen LogP contribution in [0.25, 0.3) is 0 Å². The van der Waals surface area contributed by atoms with Crippen molar-refractivity contribution in [3.8, 4) is 0 Å². The van der Waals surface area contributed by atoms with Gasteiger partial charge in [0.15, 0.2) is 0 Å². The van der Waals surface area contributed by atoms with E-state index in [1.165, 1.54) is 16.7 Å². The number of rotatable bonds is 3.